The second-order valence-electron chi connectivity index (χ2n) is 3.82. The van der Waals surface area contributed by atoms with Gasteiger partial charge in [0.25, 0.3) is 0 Å². The lowest BCUT2D eigenvalue weighted by molar-refractivity contribution is 0.913. The first-order valence-corrected chi connectivity index (χ1v) is 6.38. The molecule has 0 spiro atoms. The van der Waals surface area contributed by atoms with Crippen molar-refractivity contribution >= 4 is 11.8 Å². The normalized spacial score (nSPS) is 10.9. The van der Waals surface area contributed by atoms with Gasteiger partial charge in [-0.2, -0.15) is 0 Å². The van der Waals surface area contributed by atoms with Gasteiger partial charge in [-0.25, -0.2) is 0 Å². The van der Waals surface area contributed by atoms with Crippen LogP contribution in [0, 0.1) is 5.92 Å². The minimum atomic E-state index is 1.19. The van der Waals surface area contributed by atoms with E-state index in [-0.39, 0.29) is 0 Å². The number of hydrogen-bond donors (Lipinski definition) is 0. The van der Waals surface area contributed by atoms with Crippen molar-refractivity contribution < 1.29 is 0 Å². The van der Waals surface area contributed by atoms with Gasteiger partial charge in [0.2, 0.25) is 0 Å². The Kier molecular flexibility index (Phi) is 4.53. The van der Waals surface area contributed by atoms with Crippen LogP contribution in [0.15, 0.2) is 23.1 Å². The maximum Gasteiger partial charge on any atom is 0.00748 e. The quantitative estimate of drug-likeness (QED) is 0.662. The Balaban J connectivity index is 3.00. The van der Waals surface area contributed by atoms with Crippen LogP contribution in [0.2, 0.25) is 0 Å². The number of rotatable bonds is 4. The van der Waals surface area contributed by atoms with Crippen molar-refractivity contribution in [3.05, 3.63) is 35.2 Å². The Bertz CT molecular complexity index is 289. The third-order valence-electron chi connectivity index (χ3n) is 2.32. The zero-order valence-electron chi connectivity index (χ0n) is 9.55. The first-order chi connectivity index (χ1) is 6.67. The molecular weight excluding hydrogens is 188 g/mol. The maximum absolute atomic E-state index is 2.32. The Morgan fingerprint density at radius 1 is 1.21 bits per heavy atom. The number of aryl methyl sites for hydroxylation is 1. The molecule has 0 N–H and O–H groups in total. The fourth-order valence-electron chi connectivity index (χ4n) is 1.50. The van der Waals surface area contributed by atoms with Gasteiger partial charge in [0.15, 0.2) is 0 Å². The van der Waals surface area contributed by atoms with Gasteiger partial charge in [-0.3, -0.25) is 0 Å². The highest BCUT2D eigenvalue weighted by atomic mass is 32.2. The molecule has 0 aliphatic heterocycles. The zero-order chi connectivity index (χ0) is 10.6. The van der Waals surface area contributed by atoms with E-state index < -0.39 is 0 Å². The SMILES string of the molecule is CCCc1cc(SC)cc([C](C)C)c1. The second-order valence-corrected chi connectivity index (χ2v) is 4.70. The van der Waals surface area contributed by atoms with E-state index in [4.69, 9.17) is 0 Å². The van der Waals surface area contributed by atoms with E-state index in [1.54, 1.807) is 0 Å². The third kappa shape index (κ3) is 3.06. The van der Waals surface area contributed by atoms with Gasteiger partial charge in [-0.05, 0) is 41.9 Å². The second kappa shape index (κ2) is 5.45. The van der Waals surface area contributed by atoms with Crippen LogP contribution in [0.25, 0.3) is 0 Å². The summed E-state index contributed by atoms with van der Waals surface area (Å²) in [5.74, 6) is 1.40. The smallest absolute Gasteiger partial charge is 0.00748 e. The molecule has 0 saturated carbocycles. The molecule has 0 saturated heterocycles. The number of thioether (sulfide) groups is 1. The topological polar surface area (TPSA) is 0 Å². The van der Waals surface area contributed by atoms with Crippen LogP contribution in [0.3, 0.4) is 0 Å². The molecule has 0 amide bonds. The monoisotopic (exact) mass is 207 g/mol. The van der Waals surface area contributed by atoms with Crippen molar-refractivity contribution in [2.24, 2.45) is 0 Å². The molecule has 0 nitrogen and oxygen atoms in total. The van der Waals surface area contributed by atoms with Crippen LogP contribution in [-0.4, -0.2) is 6.26 Å². The minimum absolute atomic E-state index is 1.19. The van der Waals surface area contributed by atoms with Gasteiger partial charge in [-0.15, -0.1) is 11.8 Å². The highest BCUT2D eigenvalue weighted by Crippen LogP contribution is 2.24. The Hall–Kier alpha value is -0.430. The van der Waals surface area contributed by atoms with Crippen molar-refractivity contribution in [3.8, 4) is 0 Å². The summed E-state index contributed by atoms with van der Waals surface area (Å²) in [7, 11) is 0. The summed E-state index contributed by atoms with van der Waals surface area (Å²) in [4.78, 5) is 1.38. The van der Waals surface area contributed by atoms with Crippen LogP contribution in [0.4, 0.5) is 0 Å². The maximum atomic E-state index is 2.32. The van der Waals surface area contributed by atoms with Crippen molar-refractivity contribution in [1.29, 1.82) is 0 Å². The predicted molar refractivity (Wildman–Crippen MR) is 65.9 cm³/mol. The largest absolute Gasteiger partial charge is 0.130 e. The lowest BCUT2D eigenvalue weighted by Crippen LogP contribution is -1.92. The molecule has 0 aliphatic rings. The van der Waals surface area contributed by atoms with E-state index in [1.165, 1.54) is 34.8 Å². The van der Waals surface area contributed by atoms with Crippen LogP contribution in [0.1, 0.15) is 38.3 Å². The predicted octanol–water partition coefficient (Wildman–Crippen LogP) is 4.32. The van der Waals surface area contributed by atoms with Crippen molar-refractivity contribution in [1.82, 2.24) is 0 Å². The molecule has 1 aromatic carbocycles. The van der Waals surface area contributed by atoms with Crippen LogP contribution < -0.4 is 0 Å². The Labute approximate surface area is 92.1 Å². The summed E-state index contributed by atoms with van der Waals surface area (Å²) in [5.41, 5.74) is 2.86. The van der Waals surface area contributed by atoms with E-state index in [0.717, 1.165) is 0 Å². The van der Waals surface area contributed by atoms with Gasteiger partial charge in [0.05, 0.1) is 0 Å². The molecule has 0 aliphatic carbocycles. The van der Waals surface area contributed by atoms with E-state index in [1.807, 2.05) is 11.8 Å². The van der Waals surface area contributed by atoms with Gasteiger partial charge < -0.3 is 0 Å². The van der Waals surface area contributed by atoms with Crippen molar-refractivity contribution in [2.45, 2.75) is 38.5 Å². The highest BCUT2D eigenvalue weighted by molar-refractivity contribution is 7.98. The van der Waals surface area contributed by atoms with Crippen LogP contribution in [-0.2, 0) is 6.42 Å². The summed E-state index contributed by atoms with van der Waals surface area (Å²) < 4.78 is 0. The summed E-state index contributed by atoms with van der Waals surface area (Å²) in [6, 6.07) is 6.90. The first-order valence-electron chi connectivity index (χ1n) is 5.16. The molecule has 0 bridgehead atoms. The average molecular weight is 207 g/mol. The molecule has 0 heterocycles. The van der Waals surface area contributed by atoms with Crippen molar-refractivity contribution in [3.63, 3.8) is 0 Å². The number of benzene rings is 1. The standard InChI is InChI=1S/C13H19S/c1-5-6-11-7-12(10(2)3)9-13(8-11)14-4/h7-9H,5-6H2,1-4H3. The molecule has 0 unspecified atom stereocenters. The van der Waals surface area contributed by atoms with Crippen LogP contribution in [0.5, 0.6) is 0 Å². The summed E-state index contributed by atoms with van der Waals surface area (Å²) in [6.45, 7) is 6.58. The molecule has 1 rings (SSSR count). The summed E-state index contributed by atoms with van der Waals surface area (Å²) >= 11 is 1.83. The van der Waals surface area contributed by atoms with Gasteiger partial charge in [-0.1, -0.05) is 33.3 Å². The van der Waals surface area contributed by atoms with Gasteiger partial charge in [0.1, 0.15) is 0 Å². The fourth-order valence-corrected chi connectivity index (χ4v) is 2.01. The molecule has 0 aromatic heterocycles. The molecule has 1 radical (unpaired) electrons. The van der Waals surface area contributed by atoms with E-state index in [0.29, 0.717) is 0 Å². The molecule has 1 heteroatoms. The zero-order valence-corrected chi connectivity index (χ0v) is 10.4. The third-order valence-corrected chi connectivity index (χ3v) is 3.03. The lowest BCUT2D eigenvalue weighted by Gasteiger charge is -2.10. The molecule has 77 valence electrons. The Morgan fingerprint density at radius 2 is 1.93 bits per heavy atom. The molecule has 0 fully saturated rings. The lowest BCUT2D eigenvalue weighted by atomic mass is 9.99. The highest BCUT2D eigenvalue weighted by Gasteiger charge is 2.03. The fraction of sp³-hybridized carbons (Fsp3) is 0.462. The number of hydrogen-bond acceptors (Lipinski definition) is 1. The van der Waals surface area contributed by atoms with E-state index >= 15 is 0 Å². The van der Waals surface area contributed by atoms with Gasteiger partial charge in [0, 0.05) is 4.90 Å². The van der Waals surface area contributed by atoms with Gasteiger partial charge >= 0.3 is 0 Å². The molecule has 1 aromatic rings. The summed E-state index contributed by atoms with van der Waals surface area (Å²) in [5, 5.41) is 0. The summed E-state index contributed by atoms with van der Waals surface area (Å²) in [6.07, 6.45) is 4.55. The minimum Gasteiger partial charge on any atom is -0.130 e. The van der Waals surface area contributed by atoms with Crippen LogP contribution >= 0.6 is 11.8 Å². The van der Waals surface area contributed by atoms with E-state index in [2.05, 4.69) is 45.2 Å². The van der Waals surface area contributed by atoms with Crippen molar-refractivity contribution in [2.75, 3.05) is 6.26 Å². The molecule has 14 heavy (non-hydrogen) atoms. The first kappa shape index (κ1) is 11.6. The molecule has 0 atom stereocenters. The Morgan fingerprint density at radius 3 is 2.43 bits per heavy atom. The average Bonchev–Trinajstić information content (AvgIpc) is 2.17. The van der Waals surface area contributed by atoms with E-state index in [9.17, 15) is 0 Å². The molecular formula is C13H19S.